The van der Waals surface area contributed by atoms with Gasteiger partial charge in [0.1, 0.15) is 6.10 Å². The minimum absolute atomic E-state index is 0.103. The van der Waals surface area contributed by atoms with E-state index in [-0.39, 0.29) is 11.6 Å². The second-order valence-corrected chi connectivity index (χ2v) is 4.77. The van der Waals surface area contributed by atoms with Gasteiger partial charge >= 0.3 is 6.01 Å². The van der Waals surface area contributed by atoms with Crippen LogP contribution in [0.2, 0.25) is 0 Å². The summed E-state index contributed by atoms with van der Waals surface area (Å²) in [6.07, 6.45) is -0.215. The first-order chi connectivity index (χ1) is 7.54. The molecule has 1 N–H and O–H groups in total. The molecular formula is C10H17N3O3. The summed E-state index contributed by atoms with van der Waals surface area (Å²) in [6.45, 7) is 7.75. The Morgan fingerprint density at radius 3 is 2.75 bits per heavy atom. The number of aromatic nitrogens is 2. The van der Waals surface area contributed by atoms with Gasteiger partial charge in [-0.3, -0.25) is 0 Å². The smallest absolute Gasteiger partial charge is 0.321 e. The Labute approximate surface area is 94.3 Å². The van der Waals surface area contributed by atoms with Crippen molar-refractivity contribution in [3.8, 4) is 0 Å². The lowest BCUT2D eigenvalue weighted by Gasteiger charge is -2.20. The van der Waals surface area contributed by atoms with Crippen LogP contribution >= 0.6 is 0 Å². The Kier molecular flexibility index (Phi) is 3.11. The number of anilines is 1. The third-order valence-electron chi connectivity index (χ3n) is 2.03. The lowest BCUT2D eigenvalue weighted by molar-refractivity contribution is -0.0941. The first kappa shape index (κ1) is 11.3. The molecule has 2 heterocycles. The van der Waals surface area contributed by atoms with E-state index in [0.29, 0.717) is 31.7 Å². The zero-order valence-corrected chi connectivity index (χ0v) is 9.82. The van der Waals surface area contributed by atoms with Crippen LogP contribution < -0.4 is 5.32 Å². The summed E-state index contributed by atoms with van der Waals surface area (Å²) in [4.78, 5) is 4.23. The Morgan fingerprint density at radius 2 is 2.12 bits per heavy atom. The van der Waals surface area contributed by atoms with E-state index < -0.39 is 0 Å². The maximum Gasteiger partial charge on any atom is 0.321 e. The highest BCUT2D eigenvalue weighted by atomic mass is 16.6. The molecule has 16 heavy (non-hydrogen) atoms. The second-order valence-electron chi connectivity index (χ2n) is 4.77. The van der Waals surface area contributed by atoms with Crippen molar-refractivity contribution >= 4 is 6.01 Å². The van der Waals surface area contributed by atoms with Crippen LogP contribution in [0.1, 0.15) is 32.7 Å². The van der Waals surface area contributed by atoms with Gasteiger partial charge in [-0.15, -0.1) is 0 Å². The van der Waals surface area contributed by atoms with Gasteiger partial charge in [0, 0.05) is 5.54 Å². The minimum Gasteiger partial charge on any atom is -0.376 e. The van der Waals surface area contributed by atoms with E-state index in [1.165, 1.54) is 0 Å². The lowest BCUT2D eigenvalue weighted by atomic mass is 10.1. The molecule has 0 bridgehead atoms. The molecule has 1 fully saturated rings. The first-order valence-corrected chi connectivity index (χ1v) is 5.36. The average molecular weight is 227 g/mol. The summed E-state index contributed by atoms with van der Waals surface area (Å²) in [6, 6.07) is 0.414. The number of nitrogens with one attached hydrogen (secondary N) is 1. The van der Waals surface area contributed by atoms with E-state index in [2.05, 4.69) is 15.5 Å². The van der Waals surface area contributed by atoms with Gasteiger partial charge in [0.2, 0.25) is 5.82 Å². The molecule has 1 aliphatic rings. The number of hydrogen-bond acceptors (Lipinski definition) is 6. The first-order valence-electron chi connectivity index (χ1n) is 5.36. The van der Waals surface area contributed by atoms with Gasteiger partial charge in [0.15, 0.2) is 0 Å². The van der Waals surface area contributed by atoms with E-state index in [0.717, 1.165) is 0 Å². The van der Waals surface area contributed by atoms with Gasteiger partial charge in [-0.1, -0.05) is 5.16 Å². The molecule has 1 aliphatic heterocycles. The summed E-state index contributed by atoms with van der Waals surface area (Å²) < 4.78 is 15.8. The molecule has 1 aromatic rings. The van der Waals surface area contributed by atoms with Crippen molar-refractivity contribution in [2.24, 2.45) is 0 Å². The van der Waals surface area contributed by atoms with Gasteiger partial charge in [-0.05, 0) is 20.8 Å². The van der Waals surface area contributed by atoms with Crippen LogP contribution in [0.3, 0.4) is 0 Å². The Bertz CT molecular complexity index is 339. The zero-order valence-electron chi connectivity index (χ0n) is 9.82. The Balaban J connectivity index is 2.01. The van der Waals surface area contributed by atoms with Gasteiger partial charge in [-0.2, -0.15) is 4.98 Å². The topological polar surface area (TPSA) is 69.4 Å². The molecule has 90 valence electrons. The highest BCUT2D eigenvalue weighted by molar-refractivity contribution is 5.23. The Hall–Kier alpha value is -1.14. The summed E-state index contributed by atoms with van der Waals surface area (Å²) in [5.74, 6) is 0.534. The Morgan fingerprint density at radius 1 is 1.31 bits per heavy atom. The van der Waals surface area contributed by atoms with E-state index in [4.69, 9.17) is 14.0 Å². The van der Waals surface area contributed by atoms with Crippen molar-refractivity contribution in [1.82, 2.24) is 10.1 Å². The van der Waals surface area contributed by atoms with E-state index >= 15 is 0 Å². The fourth-order valence-corrected chi connectivity index (χ4v) is 1.37. The largest absolute Gasteiger partial charge is 0.376 e. The van der Waals surface area contributed by atoms with Crippen molar-refractivity contribution in [3.05, 3.63) is 5.82 Å². The van der Waals surface area contributed by atoms with Crippen molar-refractivity contribution in [2.45, 2.75) is 32.4 Å². The SMILES string of the molecule is CC(C)(C)Nc1nc(C2COCCO2)no1. The molecule has 1 unspecified atom stereocenters. The fraction of sp³-hybridized carbons (Fsp3) is 0.800. The molecule has 6 heteroatoms. The van der Waals surface area contributed by atoms with E-state index in [9.17, 15) is 0 Å². The maximum absolute atomic E-state index is 5.47. The maximum atomic E-state index is 5.47. The molecule has 1 saturated heterocycles. The molecule has 0 saturated carbocycles. The summed E-state index contributed by atoms with van der Waals surface area (Å²) >= 11 is 0. The molecule has 1 atom stereocenters. The van der Waals surface area contributed by atoms with E-state index in [1.54, 1.807) is 0 Å². The molecule has 0 aliphatic carbocycles. The molecule has 0 amide bonds. The van der Waals surface area contributed by atoms with Gasteiger partial charge in [-0.25, -0.2) is 0 Å². The van der Waals surface area contributed by atoms with Crippen molar-refractivity contribution in [2.75, 3.05) is 25.1 Å². The molecule has 0 spiro atoms. The third-order valence-corrected chi connectivity index (χ3v) is 2.03. The van der Waals surface area contributed by atoms with Crippen LogP contribution in [0.25, 0.3) is 0 Å². The quantitative estimate of drug-likeness (QED) is 0.822. The van der Waals surface area contributed by atoms with Crippen molar-refractivity contribution < 1.29 is 14.0 Å². The van der Waals surface area contributed by atoms with Crippen molar-refractivity contribution in [1.29, 1.82) is 0 Å². The summed E-state index contributed by atoms with van der Waals surface area (Å²) in [5, 5.41) is 6.97. The predicted molar refractivity (Wildman–Crippen MR) is 57.2 cm³/mol. The van der Waals surface area contributed by atoms with Gasteiger partial charge < -0.3 is 19.3 Å². The monoisotopic (exact) mass is 227 g/mol. The van der Waals surface area contributed by atoms with Gasteiger partial charge in [0.05, 0.1) is 19.8 Å². The van der Waals surface area contributed by atoms with E-state index in [1.807, 2.05) is 20.8 Å². The van der Waals surface area contributed by atoms with Crippen molar-refractivity contribution in [3.63, 3.8) is 0 Å². The van der Waals surface area contributed by atoms with Crippen LogP contribution in [0.15, 0.2) is 4.52 Å². The molecule has 2 rings (SSSR count). The van der Waals surface area contributed by atoms with Crippen LogP contribution in [0.4, 0.5) is 6.01 Å². The summed E-state index contributed by atoms with van der Waals surface area (Å²) in [5.41, 5.74) is -0.103. The fourth-order valence-electron chi connectivity index (χ4n) is 1.37. The molecule has 1 aromatic heterocycles. The minimum atomic E-state index is -0.215. The predicted octanol–water partition coefficient (Wildman–Crippen LogP) is 1.37. The van der Waals surface area contributed by atoms with Crippen LogP contribution in [-0.2, 0) is 9.47 Å². The third kappa shape index (κ3) is 2.93. The summed E-state index contributed by atoms with van der Waals surface area (Å²) in [7, 11) is 0. The van der Waals surface area contributed by atoms with Crippen LogP contribution in [0.5, 0.6) is 0 Å². The van der Waals surface area contributed by atoms with Gasteiger partial charge in [0.25, 0.3) is 0 Å². The second kappa shape index (κ2) is 4.39. The lowest BCUT2D eigenvalue weighted by Crippen LogP contribution is -2.26. The number of hydrogen-bond donors (Lipinski definition) is 1. The van der Waals surface area contributed by atoms with Crippen LogP contribution in [-0.4, -0.2) is 35.5 Å². The highest BCUT2D eigenvalue weighted by Gasteiger charge is 2.23. The standard InChI is InChI=1S/C10H17N3O3/c1-10(2,3)12-9-11-8(13-16-9)7-6-14-4-5-15-7/h7H,4-6H2,1-3H3,(H,11,12,13). The zero-order chi connectivity index (χ0) is 11.6. The molecular weight excluding hydrogens is 210 g/mol. The average Bonchev–Trinajstić information content (AvgIpc) is 2.65. The normalized spacial score (nSPS) is 22.1. The molecule has 0 aromatic carbocycles. The van der Waals surface area contributed by atoms with Crippen LogP contribution in [0, 0.1) is 0 Å². The highest BCUT2D eigenvalue weighted by Crippen LogP contribution is 2.20. The molecule has 6 nitrogen and oxygen atoms in total. The molecule has 0 radical (unpaired) electrons. The number of nitrogens with zero attached hydrogens (tertiary/aromatic N) is 2. The number of ether oxygens (including phenoxy) is 2. The number of rotatable bonds is 2.